The minimum atomic E-state index is -0.374. The summed E-state index contributed by atoms with van der Waals surface area (Å²) in [6.45, 7) is 11.2. The Balaban J connectivity index is 2.17. The Labute approximate surface area is 148 Å². The van der Waals surface area contributed by atoms with Crippen LogP contribution in [-0.2, 0) is 17.9 Å². The highest BCUT2D eigenvalue weighted by atomic mass is 16.3. The summed E-state index contributed by atoms with van der Waals surface area (Å²) in [5.74, 6) is 1.21. The Kier molecular flexibility index (Phi) is 5.87. The third-order valence-electron chi connectivity index (χ3n) is 4.31. The monoisotopic (exact) mass is 339 g/mol. The molecule has 0 aliphatic heterocycles. The number of furan rings is 1. The van der Waals surface area contributed by atoms with E-state index >= 15 is 0 Å². The first-order chi connectivity index (χ1) is 11.9. The Hall–Kier alpha value is -2.74. The summed E-state index contributed by atoms with van der Waals surface area (Å²) in [4.78, 5) is 12.4. The average Bonchev–Trinajstić information content (AvgIpc) is 3.03. The molecule has 5 nitrogen and oxygen atoms in total. The number of hydrogen-bond donors (Lipinski definition) is 1. The van der Waals surface area contributed by atoms with E-state index < -0.39 is 0 Å². The molecule has 0 spiro atoms. The lowest BCUT2D eigenvalue weighted by Gasteiger charge is -2.07. The van der Waals surface area contributed by atoms with Crippen LogP contribution in [0.5, 0.6) is 0 Å². The molecular weight excluding hydrogens is 314 g/mol. The van der Waals surface area contributed by atoms with Gasteiger partial charge < -0.3 is 14.3 Å². The topological polar surface area (TPSA) is 71.0 Å². The first kappa shape index (κ1) is 18.6. The number of nitrogens with one attached hydrogen (secondary N) is 1. The largest absolute Gasteiger partial charge is 0.466 e. The van der Waals surface area contributed by atoms with Gasteiger partial charge in [-0.1, -0.05) is 6.92 Å². The van der Waals surface area contributed by atoms with Crippen LogP contribution >= 0.6 is 0 Å². The number of amides is 1. The molecule has 1 N–H and O–H groups in total. The van der Waals surface area contributed by atoms with Crippen LogP contribution in [0.2, 0.25) is 0 Å². The van der Waals surface area contributed by atoms with Crippen molar-refractivity contribution in [2.75, 3.05) is 0 Å². The van der Waals surface area contributed by atoms with Gasteiger partial charge in [0.05, 0.1) is 0 Å². The smallest absolute Gasteiger partial charge is 0.262 e. The number of aromatic nitrogens is 1. The van der Waals surface area contributed by atoms with Gasteiger partial charge in [0.2, 0.25) is 0 Å². The van der Waals surface area contributed by atoms with E-state index in [0.717, 1.165) is 47.0 Å². The third kappa shape index (κ3) is 4.21. The van der Waals surface area contributed by atoms with Gasteiger partial charge >= 0.3 is 0 Å². The van der Waals surface area contributed by atoms with Gasteiger partial charge in [0, 0.05) is 30.0 Å². The highest BCUT2D eigenvalue weighted by Crippen LogP contribution is 2.19. The lowest BCUT2D eigenvalue weighted by atomic mass is 10.1. The van der Waals surface area contributed by atoms with E-state index in [1.165, 1.54) is 0 Å². The standard InChI is InChI=1S/C20H25N3O2/c1-6-7-23-13(2)8-17(15(23)4)10-18(11-21)20(24)22-12-19-9-14(3)25-16(19)5/h8-10H,6-7,12H2,1-5H3,(H,22,24)/b18-10-. The molecule has 0 aliphatic rings. The van der Waals surface area contributed by atoms with Crippen molar-refractivity contribution in [1.29, 1.82) is 5.26 Å². The first-order valence-corrected chi connectivity index (χ1v) is 8.50. The summed E-state index contributed by atoms with van der Waals surface area (Å²) >= 11 is 0. The molecule has 0 unspecified atom stereocenters. The van der Waals surface area contributed by atoms with Gasteiger partial charge in [-0.25, -0.2) is 0 Å². The summed E-state index contributed by atoms with van der Waals surface area (Å²) in [5, 5.41) is 12.2. The van der Waals surface area contributed by atoms with Crippen molar-refractivity contribution in [2.24, 2.45) is 0 Å². The van der Waals surface area contributed by atoms with Crippen molar-refractivity contribution in [3.63, 3.8) is 0 Å². The van der Waals surface area contributed by atoms with Crippen LogP contribution in [-0.4, -0.2) is 10.5 Å². The molecule has 0 saturated heterocycles. The van der Waals surface area contributed by atoms with Crippen molar-refractivity contribution in [2.45, 2.75) is 54.1 Å². The molecule has 0 saturated carbocycles. The average molecular weight is 339 g/mol. The first-order valence-electron chi connectivity index (χ1n) is 8.50. The Morgan fingerprint density at radius 3 is 2.60 bits per heavy atom. The van der Waals surface area contributed by atoms with Crippen molar-refractivity contribution in [3.8, 4) is 6.07 Å². The number of carbonyl (C=O) groups excluding carboxylic acids is 1. The fraction of sp³-hybridized carbons (Fsp3) is 0.400. The van der Waals surface area contributed by atoms with Gasteiger partial charge in [0.25, 0.3) is 5.91 Å². The molecule has 0 aromatic carbocycles. The summed E-state index contributed by atoms with van der Waals surface area (Å²) in [6, 6.07) is 5.92. The number of nitriles is 1. The Morgan fingerprint density at radius 2 is 2.04 bits per heavy atom. The van der Waals surface area contributed by atoms with E-state index in [2.05, 4.69) is 16.8 Å². The minimum Gasteiger partial charge on any atom is -0.466 e. The highest BCUT2D eigenvalue weighted by Gasteiger charge is 2.13. The molecule has 2 heterocycles. The van der Waals surface area contributed by atoms with Gasteiger partial charge in [0.1, 0.15) is 23.2 Å². The molecule has 2 rings (SSSR count). The van der Waals surface area contributed by atoms with E-state index in [1.807, 2.05) is 45.9 Å². The summed E-state index contributed by atoms with van der Waals surface area (Å²) < 4.78 is 7.65. The Morgan fingerprint density at radius 1 is 1.32 bits per heavy atom. The van der Waals surface area contributed by atoms with Gasteiger partial charge in [-0.05, 0) is 57.9 Å². The van der Waals surface area contributed by atoms with Crippen LogP contribution in [0.4, 0.5) is 0 Å². The lowest BCUT2D eigenvalue weighted by Crippen LogP contribution is -2.24. The second kappa shape index (κ2) is 7.89. The van der Waals surface area contributed by atoms with Crippen molar-refractivity contribution >= 4 is 12.0 Å². The number of aryl methyl sites for hydroxylation is 3. The third-order valence-corrected chi connectivity index (χ3v) is 4.31. The molecule has 132 valence electrons. The molecule has 0 radical (unpaired) electrons. The molecular formula is C20H25N3O2. The molecule has 2 aromatic rings. The molecule has 1 amide bonds. The Bertz CT molecular complexity index is 847. The van der Waals surface area contributed by atoms with Gasteiger partial charge in [-0.3, -0.25) is 4.79 Å². The molecule has 5 heteroatoms. The fourth-order valence-corrected chi connectivity index (χ4v) is 2.98. The van der Waals surface area contributed by atoms with Crippen LogP contribution in [0.15, 0.2) is 22.1 Å². The molecule has 0 atom stereocenters. The SMILES string of the molecule is CCCn1c(C)cc(/C=C(/C#N)C(=O)NCc2cc(C)oc2C)c1C. The van der Waals surface area contributed by atoms with Crippen LogP contribution in [0.1, 0.15) is 47.4 Å². The minimum absolute atomic E-state index is 0.106. The van der Waals surface area contributed by atoms with E-state index in [1.54, 1.807) is 6.08 Å². The van der Waals surface area contributed by atoms with Crippen LogP contribution < -0.4 is 5.32 Å². The summed E-state index contributed by atoms with van der Waals surface area (Å²) in [5.41, 5.74) is 4.14. The zero-order chi connectivity index (χ0) is 18.6. The zero-order valence-electron chi connectivity index (χ0n) is 15.6. The summed E-state index contributed by atoms with van der Waals surface area (Å²) in [6.07, 6.45) is 2.70. The molecule has 25 heavy (non-hydrogen) atoms. The van der Waals surface area contributed by atoms with Crippen LogP contribution in [0.3, 0.4) is 0 Å². The molecule has 0 bridgehead atoms. The predicted octanol–water partition coefficient (Wildman–Crippen LogP) is 3.95. The normalized spacial score (nSPS) is 11.4. The van der Waals surface area contributed by atoms with Gasteiger partial charge in [-0.15, -0.1) is 0 Å². The van der Waals surface area contributed by atoms with Crippen LogP contribution in [0.25, 0.3) is 6.08 Å². The maximum Gasteiger partial charge on any atom is 0.262 e. The lowest BCUT2D eigenvalue weighted by molar-refractivity contribution is -0.117. The molecule has 2 aromatic heterocycles. The van der Waals surface area contributed by atoms with E-state index in [-0.39, 0.29) is 11.5 Å². The van der Waals surface area contributed by atoms with E-state index in [4.69, 9.17) is 4.42 Å². The second-order valence-electron chi connectivity index (χ2n) is 6.27. The molecule has 0 fully saturated rings. The summed E-state index contributed by atoms with van der Waals surface area (Å²) in [7, 11) is 0. The van der Waals surface area contributed by atoms with Crippen molar-refractivity contribution < 1.29 is 9.21 Å². The number of hydrogen-bond acceptors (Lipinski definition) is 3. The van der Waals surface area contributed by atoms with Crippen LogP contribution in [0, 0.1) is 39.0 Å². The van der Waals surface area contributed by atoms with Crippen molar-refractivity contribution in [3.05, 3.63) is 51.7 Å². The number of nitrogens with zero attached hydrogens (tertiary/aromatic N) is 2. The van der Waals surface area contributed by atoms with E-state index in [0.29, 0.717) is 6.54 Å². The van der Waals surface area contributed by atoms with Crippen molar-refractivity contribution in [1.82, 2.24) is 9.88 Å². The van der Waals surface area contributed by atoms with E-state index in [9.17, 15) is 10.1 Å². The zero-order valence-corrected chi connectivity index (χ0v) is 15.6. The molecule has 0 aliphatic carbocycles. The number of rotatable bonds is 6. The predicted molar refractivity (Wildman–Crippen MR) is 97.8 cm³/mol. The highest BCUT2D eigenvalue weighted by molar-refractivity contribution is 6.01. The maximum absolute atomic E-state index is 12.4. The quantitative estimate of drug-likeness (QED) is 0.640. The second-order valence-corrected chi connectivity index (χ2v) is 6.27. The van der Waals surface area contributed by atoms with Gasteiger partial charge in [-0.2, -0.15) is 5.26 Å². The maximum atomic E-state index is 12.4. The van der Waals surface area contributed by atoms with Gasteiger partial charge in [0.15, 0.2) is 0 Å². The fourth-order valence-electron chi connectivity index (χ4n) is 2.98. The number of carbonyl (C=O) groups is 1.